The van der Waals surface area contributed by atoms with Crippen LogP contribution in [0.3, 0.4) is 0 Å². The fraction of sp³-hybridized carbons (Fsp3) is 0.143. The average molecular weight is 570 g/mol. The Balaban J connectivity index is 1.83. The van der Waals surface area contributed by atoms with E-state index in [1.54, 1.807) is 6.92 Å². The number of pyridine rings is 1. The number of hydrogen-bond donors (Lipinski definition) is 3. The molecule has 0 aliphatic heterocycles. The lowest BCUT2D eigenvalue weighted by Crippen LogP contribution is -2.33. The number of nitrogens with one attached hydrogen (secondary N) is 1. The Morgan fingerprint density at radius 2 is 1.68 bits per heavy atom. The predicted octanol–water partition coefficient (Wildman–Crippen LogP) is 4.89. The first-order chi connectivity index (χ1) is 19.5. The lowest BCUT2D eigenvalue weighted by molar-refractivity contribution is -0.148. The predicted molar refractivity (Wildman–Crippen MR) is 143 cm³/mol. The number of anilines is 3. The van der Waals surface area contributed by atoms with Gasteiger partial charge >= 0.3 is 12.0 Å². The molecule has 3 aromatic carbocycles. The molecule has 1 heterocycles. The molecule has 4 aromatic rings. The maximum absolute atomic E-state index is 14.9. The zero-order chi connectivity index (χ0) is 29.8. The number of nitrogens with zero attached hydrogens (tertiary/aromatic N) is 2. The lowest BCUT2D eigenvalue weighted by Gasteiger charge is -2.22. The van der Waals surface area contributed by atoms with E-state index >= 15 is 0 Å². The van der Waals surface area contributed by atoms with Crippen molar-refractivity contribution >= 4 is 45.9 Å². The maximum Gasteiger partial charge on any atom is 0.325 e. The summed E-state index contributed by atoms with van der Waals surface area (Å²) in [6, 6.07) is 8.98. The van der Waals surface area contributed by atoms with Gasteiger partial charge in [-0.2, -0.15) is 0 Å². The number of urea groups is 1. The highest BCUT2D eigenvalue weighted by atomic mass is 19.1. The van der Waals surface area contributed by atoms with E-state index in [2.05, 4.69) is 10.3 Å². The molecule has 1 atom stereocenters. The minimum atomic E-state index is -1.30. The van der Waals surface area contributed by atoms with Gasteiger partial charge in [0.2, 0.25) is 0 Å². The second-order valence-electron chi connectivity index (χ2n) is 8.80. The molecule has 41 heavy (non-hydrogen) atoms. The van der Waals surface area contributed by atoms with E-state index in [0.717, 1.165) is 30.3 Å². The molecule has 5 N–H and O–H groups in total. The SMILES string of the molecule is CCC(N)C(=O)OCC(=O)Nc1ccc2c(-c3ccc(F)cc3F)nc(N(C(N)=O)c3c(F)cccc3F)cc2c1. The average Bonchev–Trinajstić information content (AvgIpc) is 2.92. The number of halogens is 4. The first-order valence-corrected chi connectivity index (χ1v) is 12.2. The van der Waals surface area contributed by atoms with E-state index in [4.69, 9.17) is 16.2 Å². The van der Waals surface area contributed by atoms with Crippen LogP contribution in [0.4, 0.5) is 39.5 Å². The Bertz CT molecular complexity index is 1650. The van der Waals surface area contributed by atoms with Crippen LogP contribution in [-0.4, -0.2) is 35.5 Å². The van der Waals surface area contributed by atoms with Gasteiger partial charge in [0, 0.05) is 22.7 Å². The smallest absolute Gasteiger partial charge is 0.325 e. The van der Waals surface area contributed by atoms with Crippen LogP contribution >= 0.6 is 0 Å². The highest BCUT2D eigenvalue weighted by Gasteiger charge is 2.26. The van der Waals surface area contributed by atoms with Crippen LogP contribution in [0.1, 0.15) is 13.3 Å². The number of aromatic nitrogens is 1. The van der Waals surface area contributed by atoms with Crippen LogP contribution in [0.25, 0.3) is 22.0 Å². The van der Waals surface area contributed by atoms with Gasteiger partial charge in [0.25, 0.3) is 5.91 Å². The summed E-state index contributed by atoms with van der Waals surface area (Å²) < 4.78 is 62.8. The Morgan fingerprint density at radius 1 is 0.976 bits per heavy atom. The van der Waals surface area contributed by atoms with Gasteiger partial charge in [0.05, 0.1) is 5.69 Å². The number of esters is 1. The normalized spacial score (nSPS) is 11.7. The number of nitrogens with two attached hydrogens (primary N) is 2. The number of hydrogen-bond acceptors (Lipinski definition) is 6. The molecule has 9 nitrogen and oxygen atoms in total. The van der Waals surface area contributed by atoms with E-state index in [1.165, 1.54) is 24.3 Å². The van der Waals surface area contributed by atoms with Crippen molar-refractivity contribution < 1.29 is 36.7 Å². The van der Waals surface area contributed by atoms with E-state index in [-0.39, 0.29) is 27.7 Å². The van der Waals surface area contributed by atoms with Crippen LogP contribution in [0.2, 0.25) is 0 Å². The molecule has 13 heteroatoms. The van der Waals surface area contributed by atoms with Crippen LogP contribution in [0.15, 0.2) is 60.7 Å². The molecule has 0 aliphatic rings. The van der Waals surface area contributed by atoms with Gasteiger partial charge in [-0.1, -0.05) is 19.1 Å². The molecular weight excluding hydrogens is 546 g/mol. The number of rotatable bonds is 8. The fourth-order valence-corrected chi connectivity index (χ4v) is 3.97. The molecule has 0 saturated carbocycles. The quantitative estimate of drug-likeness (QED) is 0.204. The number of amides is 3. The zero-order valence-electron chi connectivity index (χ0n) is 21.5. The van der Waals surface area contributed by atoms with E-state index in [1.807, 2.05) is 0 Å². The molecule has 1 aromatic heterocycles. The van der Waals surface area contributed by atoms with Crippen molar-refractivity contribution in [1.29, 1.82) is 0 Å². The zero-order valence-corrected chi connectivity index (χ0v) is 21.5. The molecule has 0 spiro atoms. The monoisotopic (exact) mass is 569 g/mol. The van der Waals surface area contributed by atoms with Gasteiger partial charge in [0.15, 0.2) is 6.61 Å². The maximum atomic E-state index is 14.9. The molecule has 0 bridgehead atoms. The van der Waals surface area contributed by atoms with Crippen molar-refractivity contribution in [3.05, 3.63) is 83.9 Å². The van der Waals surface area contributed by atoms with E-state index < -0.39 is 65.3 Å². The Labute approximate surface area is 230 Å². The van der Waals surface area contributed by atoms with Crippen molar-refractivity contribution in [2.75, 3.05) is 16.8 Å². The third kappa shape index (κ3) is 6.25. The minimum absolute atomic E-state index is 0.113. The van der Waals surface area contributed by atoms with Gasteiger partial charge in [-0.15, -0.1) is 0 Å². The summed E-state index contributed by atoms with van der Waals surface area (Å²) in [6.45, 7) is 1.05. The summed E-state index contributed by atoms with van der Waals surface area (Å²) >= 11 is 0. The van der Waals surface area contributed by atoms with Crippen molar-refractivity contribution in [3.8, 4) is 11.3 Å². The number of primary amides is 1. The van der Waals surface area contributed by atoms with Crippen molar-refractivity contribution in [2.24, 2.45) is 11.5 Å². The number of para-hydroxylation sites is 1. The second-order valence-corrected chi connectivity index (χ2v) is 8.80. The molecule has 0 radical (unpaired) electrons. The summed E-state index contributed by atoms with van der Waals surface area (Å²) in [4.78, 5) is 41.3. The Hall–Kier alpha value is -5.04. The van der Waals surface area contributed by atoms with Crippen LogP contribution in [0, 0.1) is 23.3 Å². The highest BCUT2D eigenvalue weighted by molar-refractivity contribution is 6.04. The topological polar surface area (TPSA) is 141 Å². The minimum Gasteiger partial charge on any atom is -0.454 e. The standard InChI is InChI=1S/C28H23F4N5O4/c1-2-22(33)27(39)41-13-24(38)35-16-7-9-17-14(10-16)11-23(36-25(17)18-8-6-15(29)12-21(18)32)37(28(34)40)26-19(30)4-3-5-20(26)31/h3-12,22H,2,13,33H2,1H3,(H2,34,40)(H,35,38). The molecule has 0 aliphatic carbocycles. The number of carbonyl (C=O) groups excluding carboxylic acids is 3. The molecule has 212 valence electrons. The van der Waals surface area contributed by atoms with Gasteiger partial charge in [0.1, 0.15) is 40.8 Å². The summed E-state index contributed by atoms with van der Waals surface area (Å²) in [5.74, 6) is -5.95. The van der Waals surface area contributed by atoms with Crippen molar-refractivity contribution in [3.63, 3.8) is 0 Å². The summed E-state index contributed by atoms with van der Waals surface area (Å²) in [7, 11) is 0. The molecule has 0 saturated heterocycles. The summed E-state index contributed by atoms with van der Waals surface area (Å²) in [5, 5.41) is 3.02. The molecule has 1 unspecified atom stereocenters. The third-order valence-electron chi connectivity index (χ3n) is 5.99. The first-order valence-electron chi connectivity index (χ1n) is 12.2. The Kier molecular flexibility index (Phi) is 8.48. The van der Waals surface area contributed by atoms with Crippen molar-refractivity contribution in [1.82, 2.24) is 4.98 Å². The van der Waals surface area contributed by atoms with Gasteiger partial charge < -0.3 is 21.5 Å². The lowest BCUT2D eigenvalue weighted by atomic mass is 10.0. The van der Waals surface area contributed by atoms with Crippen LogP contribution in [-0.2, 0) is 14.3 Å². The summed E-state index contributed by atoms with van der Waals surface area (Å²) in [5.41, 5.74) is 10.1. The Morgan fingerprint density at radius 3 is 2.32 bits per heavy atom. The van der Waals surface area contributed by atoms with Crippen LogP contribution in [0.5, 0.6) is 0 Å². The number of carbonyl (C=O) groups is 3. The van der Waals surface area contributed by atoms with Crippen molar-refractivity contribution in [2.45, 2.75) is 19.4 Å². The van der Waals surface area contributed by atoms with Gasteiger partial charge in [-0.3, -0.25) is 9.59 Å². The third-order valence-corrected chi connectivity index (χ3v) is 5.99. The van der Waals surface area contributed by atoms with E-state index in [9.17, 15) is 31.9 Å². The van der Waals surface area contributed by atoms with Gasteiger partial charge in [-0.25, -0.2) is 32.2 Å². The highest BCUT2D eigenvalue weighted by Crippen LogP contribution is 2.37. The number of fused-ring (bicyclic) bond motifs is 1. The molecule has 4 rings (SSSR count). The first kappa shape index (κ1) is 29.0. The number of benzene rings is 3. The van der Waals surface area contributed by atoms with Crippen LogP contribution < -0.4 is 21.7 Å². The second kappa shape index (κ2) is 12.0. The number of ether oxygens (including phenoxy) is 1. The fourth-order valence-electron chi connectivity index (χ4n) is 3.97. The molecular formula is C28H23F4N5O4. The summed E-state index contributed by atoms with van der Waals surface area (Å²) in [6.07, 6.45) is 0.317. The largest absolute Gasteiger partial charge is 0.454 e. The molecule has 3 amide bonds. The molecule has 0 fully saturated rings. The van der Waals surface area contributed by atoms with Gasteiger partial charge in [-0.05, 0) is 54.3 Å². The van der Waals surface area contributed by atoms with E-state index in [0.29, 0.717) is 17.4 Å².